The van der Waals surface area contributed by atoms with E-state index in [1.54, 1.807) is 12.1 Å². The first-order valence-corrected chi connectivity index (χ1v) is 6.28. The number of aromatic nitrogens is 1. The SMILES string of the molecule is COc1cc(CNc2ccc(Cl)cn2)cc([N+](=O)[O-])c1O. The Hall–Kier alpha value is -2.54. The summed E-state index contributed by atoms with van der Waals surface area (Å²) in [6, 6.07) is 6.16. The maximum atomic E-state index is 10.9. The van der Waals surface area contributed by atoms with Gasteiger partial charge >= 0.3 is 5.69 Å². The van der Waals surface area contributed by atoms with E-state index >= 15 is 0 Å². The quantitative estimate of drug-likeness (QED) is 0.651. The van der Waals surface area contributed by atoms with E-state index in [1.807, 2.05) is 0 Å². The molecule has 21 heavy (non-hydrogen) atoms. The molecular weight excluding hydrogens is 298 g/mol. The van der Waals surface area contributed by atoms with E-state index in [4.69, 9.17) is 16.3 Å². The second kappa shape index (κ2) is 6.27. The summed E-state index contributed by atoms with van der Waals surface area (Å²) in [5.41, 5.74) is 0.170. The number of halogens is 1. The summed E-state index contributed by atoms with van der Waals surface area (Å²) in [5.74, 6) is 0.134. The van der Waals surface area contributed by atoms with Gasteiger partial charge in [0.05, 0.1) is 17.1 Å². The Bertz CT molecular complexity index is 661. The highest BCUT2D eigenvalue weighted by atomic mass is 35.5. The lowest BCUT2D eigenvalue weighted by atomic mass is 10.1. The maximum absolute atomic E-state index is 10.9. The number of nitrogens with one attached hydrogen (secondary N) is 1. The van der Waals surface area contributed by atoms with Crippen LogP contribution in [0.4, 0.5) is 11.5 Å². The molecule has 2 N–H and O–H groups in total. The van der Waals surface area contributed by atoms with E-state index < -0.39 is 16.4 Å². The van der Waals surface area contributed by atoms with Gasteiger partial charge < -0.3 is 15.2 Å². The van der Waals surface area contributed by atoms with Crippen molar-refractivity contribution in [3.05, 3.63) is 51.2 Å². The fraction of sp³-hybridized carbons (Fsp3) is 0.154. The van der Waals surface area contributed by atoms with Gasteiger partial charge in [0.25, 0.3) is 0 Å². The molecular formula is C13H12ClN3O4. The Kier molecular flexibility index (Phi) is 4.44. The molecule has 2 aromatic rings. The van der Waals surface area contributed by atoms with E-state index in [0.29, 0.717) is 16.4 Å². The number of hydrogen-bond acceptors (Lipinski definition) is 6. The number of anilines is 1. The smallest absolute Gasteiger partial charge is 0.315 e. The molecule has 0 amide bonds. The van der Waals surface area contributed by atoms with Crippen LogP contribution in [0.2, 0.25) is 5.02 Å². The molecule has 110 valence electrons. The molecule has 0 atom stereocenters. The summed E-state index contributed by atoms with van der Waals surface area (Å²) in [6.45, 7) is 0.284. The number of aromatic hydroxyl groups is 1. The third kappa shape index (κ3) is 3.51. The number of phenolic OH excluding ortho intramolecular Hbond substituents is 1. The van der Waals surface area contributed by atoms with Crippen molar-refractivity contribution < 1.29 is 14.8 Å². The third-order valence-corrected chi connectivity index (χ3v) is 2.96. The number of nitrogens with zero attached hydrogens (tertiary/aromatic N) is 2. The molecule has 2 rings (SSSR count). The fourth-order valence-electron chi connectivity index (χ4n) is 1.72. The Balaban J connectivity index is 2.21. The number of pyridine rings is 1. The summed E-state index contributed by atoms with van der Waals surface area (Å²) in [6.07, 6.45) is 1.49. The number of benzene rings is 1. The van der Waals surface area contributed by atoms with Crippen molar-refractivity contribution in [2.24, 2.45) is 0 Å². The third-order valence-electron chi connectivity index (χ3n) is 2.73. The number of methoxy groups -OCH3 is 1. The minimum absolute atomic E-state index is 0.0464. The second-order valence-electron chi connectivity index (χ2n) is 4.14. The molecule has 0 radical (unpaired) electrons. The average molecular weight is 310 g/mol. The lowest BCUT2D eigenvalue weighted by Crippen LogP contribution is -2.02. The van der Waals surface area contributed by atoms with Crippen LogP contribution in [-0.4, -0.2) is 22.1 Å². The lowest BCUT2D eigenvalue weighted by molar-refractivity contribution is -0.386. The molecule has 8 heteroatoms. The van der Waals surface area contributed by atoms with E-state index in [-0.39, 0.29) is 12.3 Å². The highest BCUT2D eigenvalue weighted by Crippen LogP contribution is 2.36. The van der Waals surface area contributed by atoms with Crippen LogP contribution in [-0.2, 0) is 6.54 Å². The number of phenols is 1. The first-order valence-electron chi connectivity index (χ1n) is 5.91. The summed E-state index contributed by atoms with van der Waals surface area (Å²) in [5, 5.41) is 24.1. The van der Waals surface area contributed by atoms with Crippen molar-refractivity contribution in [1.29, 1.82) is 0 Å². The lowest BCUT2D eigenvalue weighted by Gasteiger charge is -2.09. The monoisotopic (exact) mass is 309 g/mol. The Morgan fingerprint density at radius 2 is 2.24 bits per heavy atom. The van der Waals surface area contributed by atoms with E-state index in [0.717, 1.165) is 0 Å². The molecule has 0 unspecified atom stereocenters. The maximum Gasteiger partial charge on any atom is 0.315 e. The highest BCUT2D eigenvalue weighted by Gasteiger charge is 2.19. The first-order chi connectivity index (χ1) is 10.0. The molecule has 0 saturated heterocycles. The molecule has 0 aliphatic heterocycles. The highest BCUT2D eigenvalue weighted by molar-refractivity contribution is 6.30. The Labute approximate surface area is 125 Å². The van der Waals surface area contributed by atoms with Crippen LogP contribution in [0.25, 0.3) is 0 Å². The van der Waals surface area contributed by atoms with Gasteiger partial charge in [-0.05, 0) is 23.8 Å². The molecule has 0 bridgehead atoms. The molecule has 0 saturated carbocycles. The van der Waals surface area contributed by atoms with Gasteiger partial charge in [0, 0.05) is 18.8 Å². The van der Waals surface area contributed by atoms with Gasteiger partial charge in [0.2, 0.25) is 5.75 Å². The van der Waals surface area contributed by atoms with Crippen LogP contribution >= 0.6 is 11.6 Å². The average Bonchev–Trinajstić information content (AvgIpc) is 2.47. The summed E-state index contributed by atoms with van der Waals surface area (Å²) in [4.78, 5) is 14.3. The van der Waals surface area contributed by atoms with Crippen molar-refractivity contribution in [3.8, 4) is 11.5 Å². The fourth-order valence-corrected chi connectivity index (χ4v) is 1.83. The summed E-state index contributed by atoms with van der Waals surface area (Å²) < 4.78 is 4.93. The largest absolute Gasteiger partial charge is 0.500 e. The Morgan fingerprint density at radius 3 is 2.81 bits per heavy atom. The van der Waals surface area contributed by atoms with Gasteiger partial charge in [0.15, 0.2) is 5.75 Å². The number of ether oxygens (including phenoxy) is 1. The van der Waals surface area contributed by atoms with Crippen LogP contribution in [0.3, 0.4) is 0 Å². The van der Waals surface area contributed by atoms with E-state index in [1.165, 1.54) is 25.4 Å². The van der Waals surface area contributed by atoms with Gasteiger partial charge in [0.1, 0.15) is 5.82 Å². The van der Waals surface area contributed by atoms with Crippen LogP contribution in [0.1, 0.15) is 5.56 Å². The van der Waals surface area contributed by atoms with Crippen LogP contribution < -0.4 is 10.1 Å². The topological polar surface area (TPSA) is 97.5 Å². The van der Waals surface area contributed by atoms with Crippen molar-refractivity contribution in [2.45, 2.75) is 6.54 Å². The number of nitro benzene ring substituents is 1. The van der Waals surface area contributed by atoms with Crippen molar-refractivity contribution in [1.82, 2.24) is 4.98 Å². The van der Waals surface area contributed by atoms with E-state index in [9.17, 15) is 15.2 Å². The van der Waals surface area contributed by atoms with Crippen LogP contribution in [0.5, 0.6) is 11.5 Å². The zero-order chi connectivity index (χ0) is 15.4. The molecule has 1 aromatic heterocycles. The summed E-state index contributed by atoms with van der Waals surface area (Å²) >= 11 is 5.73. The predicted molar refractivity (Wildman–Crippen MR) is 77.9 cm³/mol. The molecule has 0 fully saturated rings. The molecule has 0 aliphatic carbocycles. The number of nitro groups is 1. The Morgan fingerprint density at radius 1 is 1.48 bits per heavy atom. The molecule has 1 heterocycles. The van der Waals surface area contributed by atoms with Crippen molar-refractivity contribution in [2.75, 3.05) is 12.4 Å². The zero-order valence-corrected chi connectivity index (χ0v) is 11.8. The molecule has 7 nitrogen and oxygen atoms in total. The van der Waals surface area contributed by atoms with Crippen molar-refractivity contribution in [3.63, 3.8) is 0 Å². The van der Waals surface area contributed by atoms with E-state index in [2.05, 4.69) is 10.3 Å². The predicted octanol–water partition coefficient (Wildman–Crippen LogP) is 2.97. The van der Waals surface area contributed by atoms with Gasteiger partial charge in [-0.25, -0.2) is 4.98 Å². The standard InChI is InChI=1S/C13H12ClN3O4/c1-21-11-5-8(4-10(13(11)18)17(19)20)6-15-12-3-2-9(14)7-16-12/h2-5,7,18H,6H2,1H3,(H,15,16). The number of rotatable bonds is 5. The van der Waals surface area contributed by atoms with Gasteiger partial charge in [-0.1, -0.05) is 11.6 Å². The van der Waals surface area contributed by atoms with Crippen LogP contribution in [0, 0.1) is 10.1 Å². The molecule has 1 aromatic carbocycles. The first kappa shape index (κ1) is 14.9. The second-order valence-corrected chi connectivity index (χ2v) is 4.57. The molecule has 0 spiro atoms. The molecule has 0 aliphatic rings. The van der Waals surface area contributed by atoms with Gasteiger partial charge in [-0.2, -0.15) is 0 Å². The zero-order valence-electron chi connectivity index (χ0n) is 11.0. The van der Waals surface area contributed by atoms with Gasteiger partial charge in [-0.15, -0.1) is 0 Å². The minimum atomic E-state index is -0.665. The summed E-state index contributed by atoms with van der Waals surface area (Å²) in [7, 11) is 1.33. The normalized spacial score (nSPS) is 10.2. The van der Waals surface area contributed by atoms with Crippen LogP contribution in [0.15, 0.2) is 30.5 Å². The minimum Gasteiger partial charge on any atom is -0.500 e. The van der Waals surface area contributed by atoms with Gasteiger partial charge in [-0.3, -0.25) is 10.1 Å². The van der Waals surface area contributed by atoms with Crippen molar-refractivity contribution >= 4 is 23.1 Å². The number of hydrogen-bond donors (Lipinski definition) is 2.